The van der Waals surface area contributed by atoms with Crippen LogP contribution in [0.15, 0.2) is 48.5 Å². The molecular formula is C22H22FN3O6. The number of quaternary nitrogens is 1. The number of anilines is 2. The highest BCUT2D eigenvalue weighted by molar-refractivity contribution is 5.94. The maximum Gasteiger partial charge on any atom is 0.415 e. The van der Waals surface area contributed by atoms with E-state index in [0.717, 1.165) is 16.5 Å². The minimum absolute atomic E-state index is 0.195. The Morgan fingerprint density at radius 1 is 1.16 bits per heavy atom. The number of benzene rings is 2. The van der Waals surface area contributed by atoms with Gasteiger partial charge in [0.05, 0.1) is 31.0 Å². The number of carbonyl (C=O) groups excluding carboxylic acids is 2. The Bertz CT molecular complexity index is 1040. The topological polar surface area (TPSA) is 110 Å². The third-order valence-electron chi connectivity index (χ3n) is 5.98. The summed E-state index contributed by atoms with van der Waals surface area (Å²) in [5.41, 5.74) is 1.37. The predicted octanol–water partition coefficient (Wildman–Crippen LogP) is 1.42. The summed E-state index contributed by atoms with van der Waals surface area (Å²) in [6.45, 7) is 1.20. The van der Waals surface area contributed by atoms with Crippen LogP contribution in [0.4, 0.5) is 25.4 Å². The van der Waals surface area contributed by atoms with E-state index in [2.05, 4.69) is 0 Å². The van der Waals surface area contributed by atoms with Crippen LogP contribution in [-0.4, -0.2) is 66.6 Å². The zero-order chi connectivity index (χ0) is 22.9. The van der Waals surface area contributed by atoms with Crippen molar-refractivity contribution in [3.63, 3.8) is 0 Å². The lowest BCUT2D eigenvalue weighted by Gasteiger charge is -2.44. The van der Waals surface area contributed by atoms with Crippen LogP contribution in [0.5, 0.6) is 0 Å². The van der Waals surface area contributed by atoms with Gasteiger partial charge < -0.3 is 24.6 Å². The van der Waals surface area contributed by atoms with E-state index in [1.165, 1.54) is 12.1 Å². The maximum absolute atomic E-state index is 14.9. The van der Waals surface area contributed by atoms with Crippen LogP contribution in [0.3, 0.4) is 0 Å². The monoisotopic (exact) mass is 443 g/mol. The molecular weight excluding hydrogens is 421 g/mol. The van der Waals surface area contributed by atoms with Crippen LogP contribution in [0, 0.1) is 5.82 Å². The molecule has 0 aromatic heterocycles. The Balaban J connectivity index is 1.47. The average Bonchev–Trinajstić information content (AvgIpc) is 3.17. The first kappa shape index (κ1) is 21.6. The van der Waals surface area contributed by atoms with Gasteiger partial charge in [-0.25, -0.2) is 14.0 Å². The van der Waals surface area contributed by atoms with E-state index < -0.39 is 30.1 Å². The van der Waals surface area contributed by atoms with Crippen LogP contribution in [0.2, 0.25) is 0 Å². The van der Waals surface area contributed by atoms with Gasteiger partial charge in [0.1, 0.15) is 25.5 Å². The number of hydrogen-bond acceptors (Lipinski definition) is 6. The molecule has 10 heteroatoms. The highest BCUT2D eigenvalue weighted by Gasteiger charge is 2.38. The highest BCUT2D eigenvalue weighted by Crippen LogP contribution is 2.30. The van der Waals surface area contributed by atoms with Gasteiger partial charge >= 0.3 is 12.1 Å². The third kappa shape index (κ3) is 4.09. The number of carbonyl (C=O) groups is 3. The summed E-state index contributed by atoms with van der Waals surface area (Å²) in [5, 5.41) is 21.0. The molecule has 9 nitrogen and oxygen atoms in total. The average molecular weight is 443 g/mol. The molecule has 0 bridgehead atoms. The lowest BCUT2D eigenvalue weighted by atomic mass is 10.1. The Hall–Kier alpha value is -3.66. The minimum Gasteiger partial charge on any atom is -0.498 e. The number of aliphatic carboxylic acids is 1. The number of piperazine rings is 1. The number of nitrogens with zero attached hydrogens (tertiary/aromatic N) is 3. The quantitative estimate of drug-likeness (QED) is 0.696. The summed E-state index contributed by atoms with van der Waals surface area (Å²) in [7, 11) is 0. The summed E-state index contributed by atoms with van der Waals surface area (Å²) in [5.74, 6) is -1.86. The highest BCUT2D eigenvalue weighted by atomic mass is 19.1. The lowest BCUT2D eigenvalue weighted by molar-refractivity contribution is -0.889. The molecule has 2 aromatic rings. The van der Waals surface area contributed by atoms with Crippen LogP contribution in [-0.2, 0) is 16.1 Å². The fraction of sp³-hybridized carbons (Fsp3) is 0.318. The van der Waals surface area contributed by atoms with Gasteiger partial charge in [-0.1, -0.05) is 30.3 Å². The smallest absolute Gasteiger partial charge is 0.415 e. The lowest BCUT2D eigenvalue weighted by Crippen LogP contribution is -2.65. The largest absolute Gasteiger partial charge is 0.498 e. The SMILES string of the molecule is O=C(O)[C@H]1CN(c2ccc(N3CC[N+](Cc4ccccc4)(C(=O)[O-])CC3)c(F)c2)C(=O)O1. The first-order valence-electron chi connectivity index (χ1n) is 10.2. The van der Waals surface area contributed by atoms with Crippen molar-refractivity contribution in [2.45, 2.75) is 12.6 Å². The Kier molecular flexibility index (Phi) is 5.70. The first-order valence-corrected chi connectivity index (χ1v) is 10.2. The second-order valence-corrected chi connectivity index (χ2v) is 7.95. The minimum atomic E-state index is -1.30. The van der Waals surface area contributed by atoms with E-state index in [1.54, 1.807) is 4.90 Å². The van der Waals surface area contributed by atoms with Crippen molar-refractivity contribution < 1.29 is 38.2 Å². The number of halogens is 1. The van der Waals surface area contributed by atoms with Crippen molar-refractivity contribution >= 4 is 29.5 Å². The van der Waals surface area contributed by atoms with Gasteiger partial charge in [-0.15, -0.1) is 0 Å². The van der Waals surface area contributed by atoms with E-state index in [9.17, 15) is 23.9 Å². The summed E-state index contributed by atoms with van der Waals surface area (Å²) in [4.78, 5) is 37.7. The molecule has 2 aliphatic rings. The normalized spacial score (nSPS) is 20.2. The van der Waals surface area contributed by atoms with Gasteiger partial charge in [-0.2, -0.15) is 0 Å². The number of cyclic esters (lactones) is 1. The fourth-order valence-electron chi connectivity index (χ4n) is 4.15. The Labute approximate surface area is 183 Å². The van der Waals surface area contributed by atoms with Gasteiger partial charge in [-0.05, 0) is 18.2 Å². The molecule has 0 radical (unpaired) electrons. The molecule has 2 heterocycles. The van der Waals surface area contributed by atoms with E-state index in [-0.39, 0.29) is 35.5 Å². The molecule has 4 rings (SSSR count). The van der Waals surface area contributed by atoms with Crippen molar-refractivity contribution in [3.05, 3.63) is 59.9 Å². The van der Waals surface area contributed by atoms with E-state index >= 15 is 0 Å². The van der Waals surface area contributed by atoms with Gasteiger partial charge in [0, 0.05) is 5.56 Å². The molecule has 0 saturated carbocycles. The number of rotatable bonds is 5. The predicted molar refractivity (Wildman–Crippen MR) is 109 cm³/mol. The van der Waals surface area contributed by atoms with E-state index in [1.807, 2.05) is 30.3 Å². The first-order chi connectivity index (χ1) is 15.3. The molecule has 0 aliphatic carbocycles. The van der Waals surface area contributed by atoms with Crippen molar-refractivity contribution in [3.8, 4) is 0 Å². The van der Waals surface area contributed by atoms with Crippen LogP contribution < -0.4 is 14.9 Å². The van der Waals surface area contributed by atoms with Gasteiger partial charge in [0.25, 0.3) is 6.09 Å². The van der Waals surface area contributed by atoms with Crippen molar-refractivity contribution in [2.75, 3.05) is 42.5 Å². The Morgan fingerprint density at radius 3 is 2.41 bits per heavy atom. The third-order valence-corrected chi connectivity index (χ3v) is 5.98. The number of carboxylic acid groups (broad SMARTS) is 2. The summed E-state index contributed by atoms with van der Waals surface area (Å²) < 4.78 is 19.4. The van der Waals surface area contributed by atoms with Crippen LogP contribution in [0.25, 0.3) is 0 Å². The molecule has 2 amide bonds. The molecule has 0 spiro atoms. The number of carboxylic acids is 1. The molecule has 1 atom stereocenters. The molecule has 1 N–H and O–H groups in total. The van der Waals surface area contributed by atoms with E-state index in [0.29, 0.717) is 19.6 Å². The standard InChI is InChI=1S/C22H22FN3O6/c23-17-12-16(25-13-19(20(27)28)32-21(25)29)6-7-18(17)24-8-10-26(11-9-24,22(30)31)14-15-4-2-1-3-5-15/h1-7,12,19H,8-11,13-14H2,(H-,27,28,30,31)/t19-/m1/s1. The summed E-state index contributed by atoms with van der Waals surface area (Å²) >= 11 is 0. The molecule has 32 heavy (non-hydrogen) atoms. The van der Waals surface area contributed by atoms with Crippen molar-refractivity contribution in [2.24, 2.45) is 0 Å². The summed E-state index contributed by atoms with van der Waals surface area (Å²) in [6.07, 6.45) is -3.31. The molecule has 0 unspecified atom stereocenters. The maximum atomic E-state index is 14.9. The number of ether oxygens (including phenoxy) is 1. The second-order valence-electron chi connectivity index (χ2n) is 7.95. The number of hydrogen-bond donors (Lipinski definition) is 1. The Morgan fingerprint density at radius 2 is 1.84 bits per heavy atom. The van der Waals surface area contributed by atoms with E-state index in [4.69, 9.17) is 9.84 Å². The second kappa shape index (κ2) is 8.46. The summed E-state index contributed by atoms with van der Waals surface area (Å²) in [6, 6.07) is 13.5. The zero-order valence-electron chi connectivity index (χ0n) is 17.1. The van der Waals surface area contributed by atoms with Gasteiger partial charge in [0.15, 0.2) is 0 Å². The fourth-order valence-corrected chi connectivity index (χ4v) is 4.15. The molecule has 2 aliphatic heterocycles. The van der Waals surface area contributed by atoms with Crippen LogP contribution >= 0.6 is 0 Å². The molecule has 2 saturated heterocycles. The van der Waals surface area contributed by atoms with Gasteiger partial charge in [-0.3, -0.25) is 9.38 Å². The molecule has 2 fully saturated rings. The van der Waals surface area contributed by atoms with Crippen LogP contribution in [0.1, 0.15) is 5.56 Å². The van der Waals surface area contributed by atoms with Crippen molar-refractivity contribution in [1.29, 1.82) is 0 Å². The molecule has 2 aromatic carbocycles. The van der Waals surface area contributed by atoms with Crippen molar-refractivity contribution in [1.82, 2.24) is 0 Å². The zero-order valence-corrected chi connectivity index (χ0v) is 17.1. The molecule has 168 valence electrons. The van der Waals surface area contributed by atoms with Gasteiger partial charge in [0.2, 0.25) is 6.10 Å². The number of amides is 2.